The molecule has 2 nitrogen and oxygen atoms in total. The molecule has 0 radical (unpaired) electrons. The quantitative estimate of drug-likeness (QED) is 0.122. The van der Waals surface area contributed by atoms with E-state index < -0.39 is 8.56 Å². The summed E-state index contributed by atoms with van der Waals surface area (Å²) in [7, 11) is -1.95. The molecule has 3 heteroatoms. The Morgan fingerprint density at radius 3 is 0.964 bits per heavy atom. The Bertz CT molecular complexity index is 290. The van der Waals surface area contributed by atoms with Crippen LogP contribution in [0.2, 0.25) is 12.1 Å². The minimum Gasteiger partial charge on any atom is -0.394 e. The third kappa shape index (κ3) is 17.0. The Hall–Kier alpha value is 0.137. The average molecular weight is 415 g/mol. The summed E-state index contributed by atoms with van der Waals surface area (Å²) >= 11 is 0. The standard InChI is InChI=1S/C25H54O2Si/c1-5-9-11-13-14-15-16-17-18-19-21-23-25-28(26-7-3,27-8-4)24-22-20-12-10-6-2/h5-25H2,1-4H3. The van der Waals surface area contributed by atoms with Gasteiger partial charge in [0.1, 0.15) is 0 Å². The van der Waals surface area contributed by atoms with Gasteiger partial charge in [0.15, 0.2) is 0 Å². The van der Waals surface area contributed by atoms with Gasteiger partial charge in [-0.05, 0) is 25.9 Å². The molecule has 0 rings (SSSR count). The maximum Gasteiger partial charge on any atom is 0.338 e. The van der Waals surface area contributed by atoms with E-state index in [1.54, 1.807) is 0 Å². The van der Waals surface area contributed by atoms with Crippen LogP contribution in [-0.2, 0) is 8.85 Å². The first-order valence-electron chi connectivity index (χ1n) is 13.0. The summed E-state index contributed by atoms with van der Waals surface area (Å²) in [6.07, 6.45) is 23.7. The summed E-state index contributed by atoms with van der Waals surface area (Å²) in [5.41, 5.74) is 0. The molecule has 0 aliphatic heterocycles. The van der Waals surface area contributed by atoms with E-state index in [1.165, 1.54) is 121 Å². The summed E-state index contributed by atoms with van der Waals surface area (Å²) in [4.78, 5) is 0. The fraction of sp³-hybridized carbons (Fsp3) is 1.00. The van der Waals surface area contributed by atoms with Gasteiger partial charge in [0.05, 0.1) is 0 Å². The van der Waals surface area contributed by atoms with Crippen molar-refractivity contribution in [2.24, 2.45) is 0 Å². The molecule has 0 spiro atoms. The van der Waals surface area contributed by atoms with Gasteiger partial charge < -0.3 is 8.85 Å². The number of hydrogen-bond donors (Lipinski definition) is 0. The number of rotatable bonds is 23. The largest absolute Gasteiger partial charge is 0.394 e. The maximum atomic E-state index is 6.29. The SMILES string of the molecule is CCCCCCCCCCCCCC[Si](CCCCCCC)(OCC)OCC. The molecular formula is C25H54O2Si. The topological polar surface area (TPSA) is 18.5 Å². The monoisotopic (exact) mass is 414 g/mol. The van der Waals surface area contributed by atoms with Crippen LogP contribution < -0.4 is 0 Å². The van der Waals surface area contributed by atoms with Crippen molar-refractivity contribution < 1.29 is 8.85 Å². The zero-order valence-corrected chi connectivity index (χ0v) is 21.2. The lowest BCUT2D eigenvalue weighted by atomic mass is 10.1. The van der Waals surface area contributed by atoms with Crippen LogP contribution in [0.5, 0.6) is 0 Å². The van der Waals surface area contributed by atoms with Crippen LogP contribution >= 0.6 is 0 Å². The molecule has 0 aromatic heterocycles. The van der Waals surface area contributed by atoms with E-state index in [1.807, 2.05) is 0 Å². The second-order valence-corrected chi connectivity index (χ2v) is 12.0. The molecule has 0 fully saturated rings. The minimum absolute atomic E-state index is 0.819. The number of unbranched alkanes of at least 4 members (excludes halogenated alkanes) is 15. The highest BCUT2D eigenvalue weighted by atomic mass is 28.4. The lowest BCUT2D eigenvalue weighted by Crippen LogP contribution is -2.42. The highest BCUT2D eigenvalue weighted by Gasteiger charge is 2.35. The van der Waals surface area contributed by atoms with Gasteiger partial charge in [-0.15, -0.1) is 0 Å². The molecule has 0 aliphatic carbocycles. The second-order valence-electron chi connectivity index (χ2n) is 8.58. The lowest BCUT2D eigenvalue weighted by Gasteiger charge is -2.30. The van der Waals surface area contributed by atoms with Crippen LogP contribution in [0.15, 0.2) is 0 Å². The maximum absolute atomic E-state index is 6.29. The van der Waals surface area contributed by atoms with E-state index in [0.29, 0.717) is 0 Å². The molecule has 0 N–H and O–H groups in total. The Morgan fingerprint density at radius 2 is 0.679 bits per heavy atom. The van der Waals surface area contributed by atoms with E-state index in [9.17, 15) is 0 Å². The van der Waals surface area contributed by atoms with Gasteiger partial charge in [0, 0.05) is 13.2 Å². The molecule has 0 amide bonds. The van der Waals surface area contributed by atoms with Gasteiger partial charge >= 0.3 is 8.56 Å². The highest BCUT2D eigenvalue weighted by Crippen LogP contribution is 2.26. The lowest BCUT2D eigenvalue weighted by molar-refractivity contribution is 0.180. The molecule has 0 atom stereocenters. The second kappa shape index (κ2) is 21.8. The van der Waals surface area contributed by atoms with E-state index in [-0.39, 0.29) is 0 Å². The zero-order chi connectivity index (χ0) is 20.8. The Balaban J connectivity index is 3.85. The Labute approximate surface area is 179 Å². The predicted molar refractivity (Wildman–Crippen MR) is 128 cm³/mol. The van der Waals surface area contributed by atoms with Crippen LogP contribution in [0, 0.1) is 0 Å². The summed E-state index contributed by atoms with van der Waals surface area (Å²) in [5.74, 6) is 0. The average Bonchev–Trinajstić information content (AvgIpc) is 2.69. The first-order chi connectivity index (χ1) is 13.7. The third-order valence-electron chi connectivity index (χ3n) is 5.89. The molecule has 0 saturated carbocycles. The van der Waals surface area contributed by atoms with Gasteiger partial charge in [-0.3, -0.25) is 0 Å². The van der Waals surface area contributed by atoms with Gasteiger partial charge in [-0.2, -0.15) is 0 Å². The van der Waals surface area contributed by atoms with Crippen molar-refractivity contribution in [1.29, 1.82) is 0 Å². The van der Waals surface area contributed by atoms with E-state index in [2.05, 4.69) is 27.7 Å². The fourth-order valence-electron chi connectivity index (χ4n) is 4.21. The van der Waals surface area contributed by atoms with E-state index in [4.69, 9.17) is 8.85 Å². The minimum atomic E-state index is -1.95. The molecule has 0 bridgehead atoms. The van der Waals surface area contributed by atoms with Crippen molar-refractivity contribution in [3.8, 4) is 0 Å². The summed E-state index contributed by atoms with van der Waals surface area (Å²) in [6, 6.07) is 2.41. The third-order valence-corrected chi connectivity index (χ3v) is 9.75. The summed E-state index contributed by atoms with van der Waals surface area (Å²) in [6.45, 7) is 10.5. The first kappa shape index (κ1) is 28.1. The number of hydrogen-bond acceptors (Lipinski definition) is 2. The molecule has 170 valence electrons. The van der Waals surface area contributed by atoms with Crippen LogP contribution in [0.25, 0.3) is 0 Å². The van der Waals surface area contributed by atoms with Crippen LogP contribution in [0.1, 0.15) is 137 Å². The molecule has 0 aromatic carbocycles. The first-order valence-corrected chi connectivity index (χ1v) is 15.3. The molecule has 0 saturated heterocycles. The Kier molecular flexibility index (Phi) is 21.9. The molecular weight excluding hydrogens is 360 g/mol. The van der Waals surface area contributed by atoms with Crippen molar-refractivity contribution in [2.75, 3.05) is 13.2 Å². The van der Waals surface area contributed by atoms with Crippen molar-refractivity contribution in [2.45, 2.75) is 149 Å². The Morgan fingerprint density at radius 1 is 0.393 bits per heavy atom. The van der Waals surface area contributed by atoms with Crippen LogP contribution in [0.4, 0.5) is 0 Å². The van der Waals surface area contributed by atoms with Gasteiger partial charge in [-0.1, -0.05) is 123 Å². The molecule has 0 heterocycles. The van der Waals surface area contributed by atoms with Crippen LogP contribution in [0.3, 0.4) is 0 Å². The van der Waals surface area contributed by atoms with Gasteiger partial charge in [0.25, 0.3) is 0 Å². The molecule has 0 aromatic rings. The van der Waals surface area contributed by atoms with Gasteiger partial charge in [-0.25, -0.2) is 0 Å². The normalized spacial score (nSPS) is 12.0. The zero-order valence-electron chi connectivity index (χ0n) is 20.2. The van der Waals surface area contributed by atoms with Gasteiger partial charge in [0.2, 0.25) is 0 Å². The van der Waals surface area contributed by atoms with Crippen molar-refractivity contribution in [3.63, 3.8) is 0 Å². The smallest absolute Gasteiger partial charge is 0.338 e. The van der Waals surface area contributed by atoms with E-state index in [0.717, 1.165) is 13.2 Å². The summed E-state index contributed by atoms with van der Waals surface area (Å²) < 4.78 is 12.6. The van der Waals surface area contributed by atoms with Crippen molar-refractivity contribution in [1.82, 2.24) is 0 Å². The summed E-state index contributed by atoms with van der Waals surface area (Å²) in [5, 5.41) is 0. The van der Waals surface area contributed by atoms with E-state index >= 15 is 0 Å². The highest BCUT2D eigenvalue weighted by molar-refractivity contribution is 6.67. The van der Waals surface area contributed by atoms with Crippen molar-refractivity contribution in [3.05, 3.63) is 0 Å². The van der Waals surface area contributed by atoms with Crippen molar-refractivity contribution >= 4 is 8.56 Å². The van der Waals surface area contributed by atoms with Crippen LogP contribution in [-0.4, -0.2) is 21.8 Å². The predicted octanol–water partition coefficient (Wildman–Crippen LogP) is 9.17. The fourth-order valence-corrected chi connectivity index (χ4v) is 7.75. The molecule has 0 aliphatic rings. The molecule has 0 unspecified atom stereocenters. The molecule has 28 heavy (non-hydrogen) atoms.